The van der Waals surface area contributed by atoms with Gasteiger partial charge in [0, 0.05) is 6.42 Å². The summed E-state index contributed by atoms with van der Waals surface area (Å²) in [4.78, 5) is 0. The molecule has 1 N–H and O–H groups in total. The molecule has 188 valence electrons. The van der Waals surface area contributed by atoms with Crippen LogP contribution in [0.3, 0.4) is 0 Å². The average Bonchev–Trinajstić information content (AvgIpc) is 3.57. The first-order chi connectivity index (χ1) is 17.8. The third-order valence-electron chi connectivity index (χ3n) is 7.02. The summed E-state index contributed by atoms with van der Waals surface area (Å²) in [5.41, 5.74) is 4.32. The van der Waals surface area contributed by atoms with Crippen LogP contribution in [0.2, 0.25) is 0 Å². The molecule has 2 unspecified atom stereocenters. The highest BCUT2D eigenvalue weighted by Crippen LogP contribution is 2.41. The van der Waals surface area contributed by atoms with Crippen molar-refractivity contribution in [3.8, 4) is 0 Å². The molecule has 0 aliphatic heterocycles. The van der Waals surface area contributed by atoms with Crippen LogP contribution in [0.4, 0.5) is 0 Å². The SMILES string of the molecule is CC(=Cc1ccccc1)C(O)C(Cc1ccccc1)(c1cc(C(C)(C)C)co1)n1nnc2ccccc21. The van der Waals surface area contributed by atoms with Crippen molar-refractivity contribution in [3.05, 3.63) is 125 Å². The third-order valence-corrected chi connectivity index (χ3v) is 7.02. The topological polar surface area (TPSA) is 64.1 Å². The predicted molar refractivity (Wildman–Crippen MR) is 148 cm³/mol. The lowest BCUT2D eigenvalue weighted by Crippen LogP contribution is -2.49. The number of para-hydroxylation sites is 1. The number of aliphatic hydroxyl groups is 1. The molecule has 0 fully saturated rings. The quantitative estimate of drug-likeness (QED) is 0.273. The van der Waals surface area contributed by atoms with Gasteiger partial charge in [-0.1, -0.05) is 105 Å². The van der Waals surface area contributed by atoms with Crippen molar-refractivity contribution in [2.75, 3.05) is 0 Å². The van der Waals surface area contributed by atoms with Crippen molar-refractivity contribution >= 4 is 17.1 Å². The van der Waals surface area contributed by atoms with Gasteiger partial charge in [-0.15, -0.1) is 5.10 Å². The summed E-state index contributed by atoms with van der Waals surface area (Å²) in [5, 5.41) is 21.4. The van der Waals surface area contributed by atoms with Crippen LogP contribution in [-0.4, -0.2) is 26.2 Å². The Labute approximate surface area is 218 Å². The fraction of sp³-hybridized carbons (Fsp3) is 0.250. The van der Waals surface area contributed by atoms with Crippen LogP contribution in [0.1, 0.15) is 50.1 Å². The first kappa shape index (κ1) is 24.7. The fourth-order valence-electron chi connectivity index (χ4n) is 4.91. The van der Waals surface area contributed by atoms with Gasteiger partial charge in [0.2, 0.25) is 0 Å². The third kappa shape index (κ3) is 4.75. The van der Waals surface area contributed by atoms with Crippen LogP contribution < -0.4 is 0 Å². The zero-order valence-electron chi connectivity index (χ0n) is 21.8. The largest absolute Gasteiger partial charge is 0.466 e. The van der Waals surface area contributed by atoms with Gasteiger partial charge in [-0.25, -0.2) is 4.68 Å². The minimum absolute atomic E-state index is 0.120. The first-order valence-electron chi connectivity index (χ1n) is 12.6. The standard InChI is InChI=1S/C32H33N3O2/c1-23(19-24-13-7-5-8-14-24)30(36)32(21-25-15-9-6-10-16-25,29-20-26(22-37-29)31(2,3)4)35-28-18-12-11-17-27(28)33-34-35/h5-20,22,30,36H,21H2,1-4H3. The van der Waals surface area contributed by atoms with E-state index in [-0.39, 0.29) is 5.41 Å². The normalized spacial score (nSPS) is 15.0. The number of hydrogen-bond donors (Lipinski definition) is 1. The predicted octanol–water partition coefficient (Wildman–Crippen LogP) is 6.77. The average molecular weight is 492 g/mol. The highest BCUT2D eigenvalue weighted by Gasteiger charge is 2.48. The molecular weight excluding hydrogens is 458 g/mol. The highest BCUT2D eigenvalue weighted by atomic mass is 16.3. The van der Waals surface area contributed by atoms with Crippen LogP contribution in [0.25, 0.3) is 17.1 Å². The van der Waals surface area contributed by atoms with Gasteiger partial charge in [-0.3, -0.25) is 0 Å². The summed E-state index contributed by atoms with van der Waals surface area (Å²) >= 11 is 0. The van der Waals surface area contributed by atoms with Crippen molar-refractivity contribution in [3.63, 3.8) is 0 Å². The van der Waals surface area contributed by atoms with Crippen molar-refractivity contribution in [2.45, 2.75) is 51.2 Å². The zero-order valence-corrected chi connectivity index (χ0v) is 21.8. The van der Waals surface area contributed by atoms with E-state index in [1.54, 1.807) is 6.26 Å². The molecule has 2 heterocycles. The Kier molecular flexibility index (Phi) is 6.57. The summed E-state index contributed by atoms with van der Waals surface area (Å²) in [5.74, 6) is 0.644. The second-order valence-corrected chi connectivity index (χ2v) is 10.7. The second-order valence-electron chi connectivity index (χ2n) is 10.7. The summed E-state index contributed by atoms with van der Waals surface area (Å²) in [6.07, 6.45) is 3.32. The Morgan fingerprint density at radius 2 is 1.59 bits per heavy atom. The number of nitrogens with zero attached hydrogens (tertiary/aromatic N) is 3. The maximum Gasteiger partial charge on any atom is 0.156 e. The van der Waals surface area contributed by atoms with E-state index in [2.05, 4.69) is 49.3 Å². The van der Waals surface area contributed by atoms with Crippen LogP contribution in [-0.2, 0) is 17.4 Å². The highest BCUT2D eigenvalue weighted by molar-refractivity contribution is 5.74. The summed E-state index contributed by atoms with van der Waals surface area (Å²) in [6, 6.07) is 30.1. The molecule has 0 bridgehead atoms. The number of rotatable bonds is 7. The first-order valence-corrected chi connectivity index (χ1v) is 12.6. The Bertz CT molecular complexity index is 1510. The molecule has 37 heavy (non-hydrogen) atoms. The van der Waals surface area contributed by atoms with E-state index in [0.29, 0.717) is 12.2 Å². The number of aliphatic hydroxyl groups excluding tert-OH is 1. The molecule has 0 amide bonds. The molecule has 0 saturated heterocycles. The van der Waals surface area contributed by atoms with Gasteiger partial charge in [0.15, 0.2) is 5.54 Å². The molecule has 0 saturated carbocycles. The Morgan fingerprint density at radius 1 is 0.946 bits per heavy atom. The number of benzene rings is 3. The lowest BCUT2D eigenvalue weighted by molar-refractivity contribution is 0.0664. The zero-order chi connectivity index (χ0) is 26.0. The minimum Gasteiger partial charge on any atom is -0.466 e. The maximum absolute atomic E-state index is 12.3. The molecule has 5 aromatic rings. The molecule has 0 aliphatic rings. The van der Waals surface area contributed by atoms with Crippen LogP contribution in [0.15, 0.2) is 107 Å². The monoisotopic (exact) mass is 491 g/mol. The van der Waals surface area contributed by atoms with Gasteiger partial charge in [0.05, 0.1) is 11.8 Å². The molecule has 5 nitrogen and oxygen atoms in total. The van der Waals surface area contributed by atoms with Crippen molar-refractivity contribution in [2.24, 2.45) is 0 Å². The summed E-state index contributed by atoms with van der Waals surface area (Å²) in [7, 11) is 0. The lowest BCUT2D eigenvalue weighted by atomic mass is 9.78. The summed E-state index contributed by atoms with van der Waals surface area (Å²) in [6.45, 7) is 8.43. The van der Waals surface area contributed by atoms with Crippen LogP contribution in [0, 0.1) is 0 Å². The van der Waals surface area contributed by atoms with E-state index < -0.39 is 11.6 Å². The van der Waals surface area contributed by atoms with Gasteiger partial charge in [-0.2, -0.15) is 0 Å². The Hall–Kier alpha value is -3.96. The van der Waals surface area contributed by atoms with Crippen molar-refractivity contribution in [1.29, 1.82) is 0 Å². The molecule has 0 radical (unpaired) electrons. The van der Waals surface area contributed by atoms with E-state index in [4.69, 9.17) is 4.42 Å². The number of hydrogen-bond acceptors (Lipinski definition) is 4. The Morgan fingerprint density at radius 3 is 2.27 bits per heavy atom. The molecule has 5 heteroatoms. The summed E-state index contributed by atoms with van der Waals surface area (Å²) < 4.78 is 8.20. The molecule has 3 aromatic carbocycles. The van der Waals surface area contributed by atoms with Gasteiger partial charge >= 0.3 is 0 Å². The minimum atomic E-state index is -1.09. The van der Waals surface area contributed by atoms with Gasteiger partial charge in [0.1, 0.15) is 17.4 Å². The smallest absolute Gasteiger partial charge is 0.156 e. The molecule has 2 aromatic heterocycles. The number of aromatic nitrogens is 3. The Balaban J connectivity index is 1.79. The molecular formula is C32H33N3O2. The number of furan rings is 1. The molecule has 0 spiro atoms. The van der Waals surface area contributed by atoms with Crippen molar-refractivity contribution in [1.82, 2.24) is 15.0 Å². The molecule has 2 atom stereocenters. The molecule has 5 rings (SSSR count). The maximum atomic E-state index is 12.3. The lowest BCUT2D eigenvalue weighted by Gasteiger charge is -2.37. The van der Waals surface area contributed by atoms with Crippen LogP contribution >= 0.6 is 0 Å². The van der Waals surface area contributed by atoms with E-state index in [9.17, 15) is 5.11 Å². The fourth-order valence-corrected chi connectivity index (χ4v) is 4.91. The van der Waals surface area contributed by atoms with E-state index >= 15 is 0 Å². The van der Waals surface area contributed by atoms with E-state index in [0.717, 1.165) is 33.3 Å². The van der Waals surface area contributed by atoms with E-state index in [1.165, 1.54) is 0 Å². The van der Waals surface area contributed by atoms with Gasteiger partial charge < -0.3 is 9.52 Å². The molecule has 0 aliphatic carbocycles. The van der Waals surface area contributed by atoms with Gasteiger partial charge in [0.25, 0.3) is 0 Å². The van der Waals surface area contributed by atoms with Crippen LogP contribution in [0.5, 0.6) is 0 Å². The number of fused-ring (bicyclic) bond motifs is 1. The second kappa shape index (κ2) is 9.83. The van der Waals surface area contributed by atoms with Gasteiger partial charge in [-0.05, 0) is 52.8 Å². The van der Waals surface area contributed by atoms with Crippen molar-refractivity contribution < 1.29 is 9.52 Å². The van der Waals surface area contributed by atoms with E-state index in [1.807, 2.05) is 90.5 Å².